The molecule has 0 bridgehead atoms. The van der Waals surface area contributed by atoms with Crippen molar-refractivity contribution in [3.05, 3.63) is 75.9 Å². The van der Waals surface area contributed by atoms with E-state index in [4.69, 9.17) is 0 Å². The summed E-state index contributed by atoms with van der Waals surface area (Å²) in [6, 6.07) is 13.6. The molecule has 1 aromatic carbocycles. The van der Waals surface area contributed by atoms with Crippen LogP contribution in [-0.2, 0) is 11.3 Å². The lowest BCUT2D eigenvalue weighted by Gasteiger charge is -2.27. The van der Waals surface area contributed by atoms with Gasteiger partial charge in [-0.05, 0) is 23.9 Å². The first kappa shape index (κ1) is 15.6. The maximum absolute atomic E-state index is 13.0. The Hall–Kier alpha value is -2.93. The van der Waals surface area contributed by atoms with E-state index >= 15 is 0 Å². The Bertz CT molecular complexity index is 914. The van der Waals surface area contributed by atoms with Gasteiger partial charge in [0.15, 0.2) is 0 Å². The molecule has 25 heavy (non-hydrogen) atoms. The number of nitrogens with zero attached hydrogens (tertiary/aromatic N) is 3. The van der Waals surface area contributed by atoms with Crippen molar-refractivity contribution in [3.8, 4) is 0 Å². The van der Waals surface area contributed by atoms with E-state index in [1.807, 2.05) is 54.8 Å². The van der Waals surface area contributed by atoms with Gasteiger partial charge >= 0.3 is 0 Å². The summed E-state index contributed by atoms with van der Waals surface area (Å²) in [5.41, 5.74) is 2.52. The van der Waals surface area contributed by atoms with Gasteiger partial charge in [-0.2, -0.15) is 10.1 Å². The highest BCUT2D eigenvalue weighted by atomic mass is 32.1. The smallest absolute Gasteiger partial charge is 0.251 e. The molecule has 7 heteroatoms. The topological polar surface area (TPSA) is 71.8 Å². The molecule has 2 N–H and O–H groups in total. The molecule has 0 spiro atoms. The van der Waals surface area contributed by atoms with Crippen LogP contribution in [0.1, 0.15) is 23.4 Å². The summed E-state index contributed by atoms with van der Waals surface area (Å²) in [6.07, 6.45) is 1.50. The van der Waals surface area contributed by atoms with Gasteiger partial charge in [0, 0.05) is 17.1 Å². The predicted octanol–water partition coefficient (Wildman–Crippen LogP) is 2.94. The van der Waals surface area contributed by atoms with Crippen LogP contribution in [-0.4, -0.2) is 20.7 Å². The lowest BCUT2D eigenvalue weighted by atomic mass is 10.0. The summed E-state index contributed by atoms with van der Waals surface area (Å²) < 4.78 is 1.76. The second-order valence-electron chi connectivity index (χ2n) is 5.78. The van der Waals surface area contributed by atoms with Crippen LogP contribution in [0, 0.1) is 0 Å². The molecule has 0 saturated carbocycles. The first-order chi connectivity index (χ1) is 12.2. The number of aromatic nitrogens is 3. The first-order valence-electron chi connectivity index (χ1n) is 7.97. The van der Waals surface area contributed by atoms with Crippen molar-refractivity contribution in [2.45, 2.75) is 19.5 Å². The molecule has 126 valence electrons. The van der Waals surface area contributed by atoms with E-state index in [1.165, 1.54) is 6.33 Å². The van der Waals surface area contributed by atoms with Crippen LogP contribution in [0.2, 0.25) is 0 Å². The SMILES string of the molecule is CC1=C(C(=O)NCc2ccccc2)[C@H](c2cccs2)n2ncnc2N1. The van der Waals surface area contributed by atoms with Crippen LogP contribution in [0.15, 0.2) is 65.4 Å². The van der Waals surface area contributed by atoms with Gasteiger partial charge in [0.25, 0.3) is 5.91 Å². The third-order valence-corrected chi connectivity index (χ3v) is 5.07. The molecule has 1 aliphatic heterocycles. The summed E-state index contributed by atoms with van der Waals surface area (Å²) in [5.74, 6) is 0.545. The molecule has 0 radical (unpaired) electrons. The first-order valence-corrected chi connectivity index (χ1v) is 8.85. The lowest BCUT2D eigenvalue weighted by molar-refractivity contribution is -0.118. The maximum atomic E-state index is 13.0. The number of hydrogen-bond donors (Lipinski definition) is 2. The van der Waals surface area contributed by atoms with Crippen molar-refractivity contribution in [2.24, 2.45) is 0 Å². The highest BCUT2D eigenvalue weighted by Crippen LogP contribution is 2.36. The van der Waals surface area contributed by atoms with Crippen LogP contribution in [0.4, 0.5) is 5.95 Å². The van der Waals surface area contributed by atoms with Crippen molar-refractivity contribution in [2.75, 3.05) is 5.32 Å². The third-order valence-electron chi connectivity index (χ3n) is 4.15. The Kier molecular flexibility index (Phi) is 4.07. The van der Waals surface area contributed by atoms with Crippen molar-refractivity contribution in [1.29, 1.82) is 0 Å². The zero-order valence-corrected chi connectivity index (χ0v) is 14.5. The fourth-order valence-electron chi connectivity index (χ4n) is 2.97. The molecule has 1 amide bonds. The fraction of sp³-hybridized carbons (Fsp3) is 0.167. The van der Waals surface area contributed by atoms with Gasteiger partial charge in [0.05, 0.1) is 5.57 Å². The van der Waals surface area contributed by atoms with E-state index in [-0.39, 0.29) is 11.9 Å². The van der Waals surface area contributed by atoms with E-state index in [2.05, 4.69) is 20.7 Å². The van der Waals surface area contributed by atoms with Crippen LogP contribution in [0.5, 0.6) is 0 Å². The number of thiophene rings is 1. The summed E-state index contributed by atoms with van der Waals surface area (Å²) in [5, 5.41) is 12.5. The summed E-state index contributed by atoms with van der Waals surface area (Å²) >= 11 is 1.60. The third kappa shape index (κ3) is 2.94. The zero-order valence-electron chi connectivity index (χ0n) is 13.6. The average molecular weight is 351 g/mol. The van der Waals surface area contributed by atoms with Gasteiger partial charge in [-0.1, -0.05) is 36.4 Å². The molecule has 3 heterocycles. The zero-order chi connectivity index (χ0) is 17.2. The molecule has 2 aromatic heterocycles. The van der Waals surface area contributed by atoms with Gasteiger partial charge in [-0.25, -0.2) is 4.68 Å². The Morgan fingerprint density at radius 2 is 2.12 bits per heavy atom. The molecule has 4 rings (SSSR count). The molecule has 0 unspecified atom stereocenters. The van der Waals surface area contributed by atoms with E-state index in [9.17, 15) is 4.79 Å². The number of fused-ring (bicyclic) bond motifs is 1. The van der Waals surface area contributed by atoms with Crippen molar-refractivity contribution < 1.29 is 4.79 Å². The lowest BCUT2D eigenvalue weighted by Crippen LogP contribution is -2.34. The molecule has 3 aromatic rings. The van der Waals surface area contributed by atoms with Crippen molar-refractivity contribution in [1.82, 2.24) is 20.1 Å². The van der Waals surface area contributed by atoms with Crippen molar-refractivity contribution >= 4 is 23.2 Å². The second kappa shape index (κ2) is 6.52. The minimum absolute atomic E-state index is 0.103. The Morgan fingerprint density at radius 1 is 1.28 bits per heavy atom. The molecule has 1 aliphatic rings. The number of rotatable bonds is 4. The van der Waals surface area contributed by atoms with E-state index in [1.54, 1.807) is 16.0 Å². The average Bonchev–Trinajstić information content (AvgIpc) is 3.31. The number of nitrogens with one attached hydrogen (secondary N) is 2. The Balaban J connectivity index is 1.65. The van der Waals surface area contributed by atoms with Crippen LogP contribution < -0.4 is 10.6 Å². The molecular formula is C18H17N5OS. The molecule has 1 atom stereocenters. The van der Waals surface area contributed by atoms with Gasteiger partial charge in [0.1, 0.15) is 12.4 Å². The molecule has 0 saturated heterocycles. The quantitative estimate of drug-likeness (QED) is 0.758. The number of amides is 1. The number of allylic oxidation sites excluding steroid dienone is 1. The largest absolute Gasteiger partial charge is 0.348 e. The summed E-state index contributed by atoms with van der Waals surface area (Å²) in [6.45, 7) is 2.38. The van der Waals surface area contributed by atoms with E-state index in [0.717, 1.165) is 16.1 Å². The second-order valence-corrected chi connectivity index (χ2v) is 6.76. The number of carbonyl (C=O) groups excluding carboxylic acids is 1. The minimum Gasteiger partial charge on any atom is -0.348 e. The monoisotopic (exact) mass is 351 g/mol. The summed E-state index contributed by atoms with van der Waals surface area (Å²) in [4.78, 5) is 18.2. The Labute approximate surface area is 149 Å². The van der Waals surface area contributed by atoms with Gasteiger partial charge < -0.3 is 10.6 Å². The molecule has 0 fully saturated rings. The fourth-order valence-corrected chi connectivity index (χ4v) is 3.79. The van der Waals surface area contributed by atoms with Gasteiger partial charge in [-0.3, -0.25) is 4.79 Å². The van der Waals surface area contributed by atoms with Crippen LogP contribution in [0.25, 0.3) is 0 Å². The maximum Gasteiger partial charge on any atom is 0.251 e. The number of carbonyl (C=O) groups is 1. The summed E-state index contributed by atoms with van der Waals surface area (Å²) in [7, 11) is 0. The Morgan fingerprint density at radius 3 is 2.88 bits per heavy atom. The normalized spacial score (nSPS) is 16.3. The standard InChI is InChI=1S/C18H17N5OS/c1-12-15(17(24)19-10-13-6-3-2-4-7-13)16(14-8-5-9-25-14)23-18(22-12)20-11-21-23/h2-9,11,16H,10H2,1H3,(H,19,24)(H,20,21,22)/t16-/m0/s1. The van der Waals surface area contributed by atoms with Crippen LogP contribution >= 0.6 is 11.3 Å². The minimum atomic E-state index is -0.269. The van der Waals surface area contributed by atoms with Crippen LogP contribution in [0.3, 0.4) is 0 Å². The van der Waals surface area contributed by atoms with Crippen molar-refractivity contribution in [3.63, 3.8) is 0 Å². The number of anilines is 1. The van der Waals surface area contributed by atoms with Gasteiger partial charge in [-0.15, -0.1) is 11.3 Å². The number of benzene rings is 1. The predicted molar refractivity (Wildman–Crippen MR) is 97.1 cm³/mol. The molecular weight excluding hydrogens is 334 g/mol. The van der Waals surface area contributed by atoms with Gasteiger partial charge in [0.2, 0.25) is 5.95 Å². The highest BCUT2D eigenvalue weighted by Gasteiger charge is 2.33. The van der Waals surface area contributed by atoms with E-state index in [0.29, 0.717) is 18.1 Å². The van der Waals surface area contributed by atoms with E-state index < -0.39 is 0 Å². The molecule has 0 aliphatic carbocycles. The molecule has 6 nitrogen and oxygen atoms in total. The number of hydrogen-bond acceptors (Lipinski definition) is 5. The highest BCUT2D eigenvalue weighted by molar-refractivity contribution is 7.10.